The van der Waals surface area contributed by atoms with E-state index in [-0.39, 0.29) is 65.8 Å². The minimum absolute atomic E-state index is 0.101. The van der Waals surface area contributed by atoms with Crippen molar-refractivity contribution in [3.8, 4) is 11.5 Å². The summed E-state index contributed by atoms with van der Waals surface area (Å²) in [5, 5.41) is 31.5. The van der Waals surface area contributed by atoms with Crippen LogP contribution in [-0.4, -0.2) is 173 Å². The summed E-state index contributed by atoms with van der Waals surface area (Å²) >= 11 is 3.51. The van der Waals surface area contributed by atoms with Crippen molar-refractivity contribution >= 4 is 169 Å². The third-order valence-electron chi connectivity index (χ3n) is 15.2. The number of benzene rings is 4. The molecule has 7 aromatic rings. The first-order valence-electron chi connectivity index (χ1n) is 31.0. The number of thioether (sulfide) groups is 1. The van der Waals surface area contributed by atoms with Crippen LogP contribution in [0.15, 0.2) is 119 Å². The second-order valence-corrected chi connectivity index (χ2v) is 27.6. The number of morpholine rings is 2. The summed E-state index contributed by atoms with van der Waals surface area (Å²) in [6.07, 6.45) is 2.84. The topological polar surface area (TPSA) is 389 Å². The number of amides is 2. The fourth-order valence-corrected chi connectivity index (χ4v) is 13.4. The number of rotatable bonds is 30. The van der Waals surface area contributed by atoms with Crippen molar-refractivity contribution in [1.82, 2.24) is 24.9 Å². The number of methoxy groups -OCH3 is 2. The molecule has 0 unspecified atom stereocenters. The number of nitrogens with one attached hydrogen (secondary N) is 4. The monoisotopic (exact) mass is 1450 g/mol. The summed E-state index contributed by atoms with van der Waals surface area (Å²) in [7, 11) is -5.90. The molecular formula is C63H73N17O14S5. The first-order chi connectivity index (χ1) is 47.4. The second-order valence-electron chi connectivity index (χ2n) is 21.5. The number of azo groups is 2. The van der Waals surface area contributed by atoms with Gasteiger partial charge in [-0.2, -0.15) is 41.8 Å². The lowest BCUT2D eigenvalue weighted by atomic mass is 10.1. The fourth-order valence-electron chi connectivity index (χ4n) is 10.2. The molecule has 5 heterocycles. The van der Waals surface area contributed by atoms with Gasteiger partial charge in [0, 0.05) is 75.9 Å². The van der Waals surface area contributed by atoms with E-state index in [1.54, 1.807) is 26.4 Å². The highest BCUT2D eigenvalue weighted by Crippen LogP contribution is 2.45. The Morgan fingerprint density at radius 3 is 1.27 bits per heavy atom. The van der Waals surface area contributed by atoms with E-state index in [4.69, 9.17) is 54.1 Å². The maximum absolute atomic E-state index is 13.8. The van der Waals surface area contributed by atoms with Crippen LogP contribution < -0.4 is 50.3 Å². The van der Waals surface area contributed by atoms with Gasteiger partial charge in [-0.05, 0) is 120 Å². The van der Waals surface area contributed by atoms with Gasteiger partial charge in [0.15, 0.2) is 16.7 Å². The normalized spacial score (nSPS) is 14.0. The Morgan fingerprint density at radius 1 is 0.576 bits per heavy atom. The van der Waals surface area contributed by atoms with Crippen LogP contribution in [0, 0.1) is 0 Å². The number of thiazole rings is 2. The van der Waals surface area contributed by atoms with Crippen molar-refractivity contribution in [2.24, 2.45) is 20.5 Å². The number of aromatic nitrogens is 5. The number of hydrogen-bond donors (Lipinski definition) is 6. The Labute approximate surface area is 583 Å². The Hall–Kier alpha value is -9.40. The van der Waals surface area contributed by atoms with Crippen molar-refractivity contribution in [1.29, 1.82) is 0 Å². The Bertz CT molecular complexity index is 4200. The maximum atomic E-state index is 13.8. The summed E-state index contributed by atoms with van der Waals surface area (Å²) in [5.74, 6) is -0.118. The Balaban J connectivity index is 1.09. The van der Waals surface area contributed by atoms with Gasteiger partial charge >= 0.3 is 0 Å². The van der Waals surface area contributed by atoms with Crippen LogP contribution in [0.4, 0.5) is 79.3 Å². The van der Waals surface area contributed by atoms with Gasteiger partial charge in [-0.3, -0.25) is 28.3 Å². The zero-order valence-electron chi connectivity index (χ0n) is 55.4. The van der Waals surface area contributed by atoms with Crippen molar-refractivity contribution in [2.45, 2.75) is 63.4 Å². The average Bonchev–Trinajstić information content (AvgIpc) is 1.76. The van der Waals surface area contributed by atoms with E-state index in [0.29, 0.717) is 145 Å². The third-order valence-corrected chi connectivity index (χ3v) is 19.4. The molecule has 0 aliphatic carbocycles. The molecule has 2 aliphatic heterocycles. The number of hydrogen-bond acceptors (Lipinski definition) is 30. The molecule has 524 valence electrons. The molecule has 2 saturated heterocycles. The number of nitrogens with zero attached hydrogens (tertiary/aromatic N) is 13. The molecule has 2 amide bonds. The Morgan fingerprint density at radius 2 is 0.949 bits per heavy atom. The molecule has 6 N–H and O–H groups in total. The number of Topliss-reactive ketones (excluding diaryl/α,β-unsaturated/α-hetero) is 2. The molecule has 4 aromatic carbocycles. The molecule has 0 spiro atoms. The predicted molar refractivity (Wildman–Crippen MR) is 382 cm³/mol. The lowest BCUT2D eigenvalue weighted by Crippen LogP contribution is -2.36. The van der Waals surface area contributed by atoms with E-state index in [9.17, 15) is 45.1 Å². The standard InChI is InChI=1S/C63H73N17O14S5/c1-10-77(11-2)49-33-45(47(35-51(49)91-8)73-75-62-68-55(79-23-27-93-28-24-79)53(96-62)31-43(37(6)81)57(83)64-39-15-19-41(20-16-39)98(85,86)87)66-59-70-60(72-61(71-59)95-14-5)67-46-34-50(78(12-3)13-4)52(92-9)36-48(46)74-76-63-69-56(80-25-29-94-30-26-80)54(97-63)32-44(38(7)82)58(84)65-40-17-21-42(22-18-40)99(88,89)90/h15-22,31-36H,10-14,23-30H2,1-9H3,(H,64,83)(H,65,84)(H,85,86,87)(H,88,89,90)(H2,66,67,70,71,72)/b43-31-,44-32+,75-73+,76-74+. The zero-order chi connectivity index (χ0) is 71.1. The van der Waals surface area contributed by atoms with Crippen LogP contribution in [-0.2, 0) is 48.9 Å². The van der Waals surface area contributed by atoms with Gasteiger partial charge in [0.2, 0.25) is 22.2 Å². The van der Waals surface area contributed by atoms with Crippen LogP contribution in [0.1, 0.15) is 58.2 Å². The van der Waals surface area contributed by atoms with Gasteiger partial charge in [-0.1, -0.05) is 41.4 Å². The molecule has 0 saturated carbocycles. The molecule has 2 fully saturated rings. The highest BCUT2D eigenvalue weighted by molar-refractivity contribution is 7.99. The molecule has 3 aromatic heterocycles. The van der Waals surface area contributed by atoms with Gasteiger partial charge in [0.1, 0.15) is 34.5 Å². The summed E-state index contributed by atoms with van der Waals surface area (Å²) in [4.78, 5) is 86.5. The SMILES string of the molecule is CCSc1nc(Nc2cc(N(CC)CC)c(OC)cc2/N=N/c2nc(N3CCOCC3)c(/C=C(/C(C)=O)C(=O)Nc3ccc(S(=O)(=O)O)cc3)s2)nc(Nc2cc(N(CC)CC)c(OC)cc2/N=N/c2nc(N3CCOCC3)c(/C=C(\C(C)=O)C(=O)Nc3ccc(S(=O)(=O)O)cc3)s2)n1. The van der Waals surface area contributed by atoms with Crippen LogP contribution >= 0.6 is 34.4 Å². The molecule has 9 rings (SSSR count). The summed E-state index contributed by atoms with van der Waals surface area (Å²) < 4.78 is 88.9. The lowest BCUT2D eigenvalue weighted by Gasteiger charge is -2.27. The highest BCUT2D eigenvalue weighted by Gasteiger charge is 2.27. The largest absolute Gasteiger partial charge is 0.494 e. The average molecular weight is 1450 g/mol. The van der Waals surface area contributed by atoms with Crippen molar-refractivity contribution < 1.29 is 64.1 Å². The minimum atomic E-state index is -4.50. The number of carbonyl (C=O) groups excluding carboxylic acids is 4. The van der Waals surface area contributed by atoms with Gasteiger partial charge in [0.05, 0.1) is 94.1 Å². The predicted octanol–water partition coefficient (Wildman–Crippen LogP) is 11.3. The number of ether oxygens (including phenoxy) is 4. The molecule has 0 bridgehead atoms. The highest BCUT2D eigenvalue weighted by atomic mass is 32.2. The summed E-state index contributed by atoms with van der Waals surface area (Å²) in [6.45, 7) is 18.2. The van der Waals surface area contributed by atoms with Crippen LogP contribution in [0.5, 0.6) is 11.5 Å². The molecule has 2 aliphatic rings. The third kappa shape index (κ3) is 18.9. The van der Waals surface area contributed by atoms with E-state index in [2.05, 4.69) is 41.3 Å². The van der Waals surface area contributed by atoms with E-state index < -0.39 is 43.6 Å². The van der Waals surface area contributed by atoms with Crippen molar-refractivity contribution in [3.05, 3.63) is 93.7 Å². The smallest absolute Gasteiger partial charge is 0.294 e. The number of anilines is 10. The van der Waals surface area contributed by atoms with Crippen LogP contribution in [0.3, 0.4) is 0 Å². The first kappa shape index (κ1) is 73.8. The maximum Gasteiger partial charge on any atom is 0.294 e. The van der Waals surface area contributed by atoms with Crippen LogP contribution in [0.2, 0.25) is 0 Å². The number of carbonyl (C=O) groups is 4. The number of ketones is 2. The summed E-state index contributed by atoms with van der Waals surface area (Å²) in [5.41, 5.74) is 2.65. The quantitative estimate of drug-likeness (QED) is 0.00608. The van der Waals surface area contributed by atoms with E-state index in [1.807, 2.05) is 56.6 Å². The second kappa shape index (κ2) is 33.4. The first-order valence-corrected chi connectivity index (χ1v) is 36.5. The molecule has 0 atom stereocenters. The Kier molecular flexibility index (Phi) is 24.9. The zero-order valence-corrected chi connectivity index (χ0v) is 59.5. The van der Waals surface area contributed by atoms with Gasteiger partial charge in [0.25, 0.3) is 32.1 Å². The van der Waals surface area contributed by atoms with E-state index in [0.717, 1.165) is 46.9 Å². The van der Waals surface area contributed by atoms with Gasteiger partial charge < -0.3 is 59.8 Å². The summed E-state index contributed by atoms with van der Waals surface area (Å²) in [6, 6.07) is 16.7. The molecule has 31 nitrogen and oxygen atoms in total. The lowest BCUT2D eigenvalue weighted by molar-refractivity contribution is -0.120. The molecule has 36 heteroatoms. The van der Waals surface area contributed by atoms with Crippen molar-refractivity contribution in [3.63, 3.8) is 0 Å². The van der Waals surface area contributed by atoms with Crippen molar-refractivity contribution in [2.75, 3.05) is 140 Å². The molecule has 99 heavy (non-hydrogen) atoms. The molecular weight excluding hydrogens is 1380 g/mol. The van der Waals surface area contributed by atoms with E-state index >= 15 is 0 Å². The van der Waals surface area contributed by atoms with Crippen LogP contribution in [0.25, 0.3) is 12.2 Å². The molecule has 0 radical (unpaired) electrons. The van der Waals surface area contributed by atoms with E-state index in [1.165, 1.54) is 62.0 Å². The van der Waals surface area contributed by atoms with Gasteiger partial charge in [-0.15, -0.1) is 20.5 Å². The minimum Gasteiger partial charge on any atom is -0.494 e. The van der Waals surface area contributed by atoms with Gasteiger partial charge in [-0.25, -0.2) is 0 Å². The fraction of sp³-hybridized carbons (Fsp3) is 0.349.